The summed E-state index contributed by atoms with van der Waals surface area (Å²) in [6.07, 6.45) is 7.54. The summed E-state index contributed by atoms with van der Waals surface area (Å²) in [5.41, 5.74) is 3.55. The van der Waals surface area contributed by atoms with Crippen LogP contribution in [0.3, 0.4) is 0 Å². The number of carboxylic acids is 1. The molecule has 7 nitrogen and oxygen atoms in total. The fourth-order valence-electron chi connectivity index (χ4n) is 4.26. The highest BCUT2D eigenvalue weighted by molar-refractivity contribution is 7.98. The highest BCUT2D eigenvalue weighted by atomic mass is 35.5. The fourth-order valence-corrected chi connectivity index (χ4v) is 5.10. The lowest BCUT2D eigenvalue weighted by atomic mass is 9.93. The first kappa shape index (κ1) is 25.7. The van der Waals surface area contributed by atoms with Crippen LogP contribution in [0.4, 0.5) is 11.5 Å². The van der Waals surface area contributed by atoms with Crippen molar-refractivity contribution in [3.05, 3.63) is 58.3 Å². The van der Waals surface area contributed by atoms with Crippen molar-refractivity contribution in [2.75, 3.05) is 31.3 Å². The van der Waals surface area contributed by atoms with Gasteiger partial charge in [-0.3, -0.25) is 9.69 Å². The Morgan fingerprint density at radius 3 is 2.37 bits per heavy atom. The lowest BCUT2D eigenvalue weighted by Crippen LogP contribution is -2.34. The van der Waals surface area contributed by atoms with Gasteiger partial charge in [-0.25, -0.2) is 15.0 Å². The summed E-state index contributed by atoms with van der Waals surface area (Å²) in [6.45, 7) is 2.48. The SMILES string of the molecule is CSc1ncc(N(C)c2cc(CN3CCC(CC(=O)O)CC3)cc(-c3cc(Cl)cc(Cl)c3)n2)cn1. The highest BCUT2D eigenvalue weighted by Gasteiger charge is 2.22. The molecular weight excluding hydrogens is 505 g/mol. The molecule has 10 heteroatoms. The van der Waals surface area contributed by atoms with Crippen molar-refractivity contribution in [2.24, 2.45) is 5.92 Å². The van der Waals surface area contributed by atoms with Gasteiger partial charge < -0.3 is 10.0 Å². The Bertz CT molecular complexity index is 1170. The van der Waals surface area contributed by atoms with Gasteiger partial charge in [0.25, 0.3) is 0 Å². The molecule has 1 aliphatic rings. The van der Waals surface area contributed by atoms with E-state index in [0.29, 0.717) is 15.2 Å². The Hall–Kier alpha value is -2.39. The van der Waals surface area contributed by atoms with E-state index in [4.69, 9.17) is 33.3 Å². The number of anilines is 2. The molecule has 0 unspecified atom stereocenters. The number of aromatic nitrogens is 3. The van der Waals surface area contributed by atoms with Crippen LogP contribution in [0.1, 0.15) is 24.8 Å². The second-order valence-corrected chi connectivity index (χ2v) is 10.3. The van der Waals surface area contributed by atoms with Crippen LogP contribution in [0, 0.1) is 5.92 Å². The second kappa shape index (κ2) is 11.6. The molecule has 0 amide bonds. The van der Waals surface area contributed by atoms with Gasteiger partial charge in [-0.2, -0.15) is 0 Å². The van der Waals surface area contributed by atoms with E-state index in [1.54, 1.807) is 18.5 Å². The Morgan fingerprint density at radius 2 is 1.77 bits per heavy atom. The van der Waals surface area contributed by atoms with Gasteiger partial charge in [0.1, 0.15) is 5.82 Å². The zero-order valence-electron chi connectivity index (χ0n) is 19.6. The van der Waals surface area contributed by atoms with Crippen molar-refractivity contribution >= 4 is 52.4 Å². The zero-order chi connectivity index (χ0) is 24.9. The summed E-state index contributed by atoms with van der Waals surface area (Å²) in [7, 11) is 1.94. The molecule has 1 N–H and O–H groups in total. The second-order valence-electron chi connectivity index (χ2n) is 8.68. The largest absolute Gasteiger partial charge is 0.481 e. The van der Waals surface area contributed by atoms with Crippen molar-refractivity contribution in [3.8, 4) is 11.3 Å². The molecule has 0 bridgehead atoms. The molecular formula is C25H27Cl2N5O2S. The molecule has 1 aromatic carbocycles. The smallest absolute Gasteiger partial charge is 0.303 e. The minimum atomic E-state index is -0.718. The first-order valence-electron chi connectivity index (χ1n) is 11.3. The monoisotopic (exact) mass is 531 g/mol. The molecule has 35 heavy (non-hydrogen) atoms. The third kappa shape index (κ3) is 6.85. The number of benzene rings is 1. The van der Waals surface area contributed by atoms with Gasteiger partial charge in [-0.05, 0) is 74.0 Å². The zero-order valence-corrected chi connectivity index (χ0v) is 21.9. The number of hydrogen-bond donors (Lipinski definition) is 1. The quantitative estimate of drug-likeness (QED) is 0.279. The number of rotatable bonds is 8. The van der Waals surface area contributed by atoms with E-state index >= 15 is 0 Å². The molecule has 1 aliphatic heterocycles. The fraction of sp³-hybridized carbons (Fsp3) is 0.360. The van der Waals surface area contributed by atoms with E-state index in [0.717, 1.165) is 60.8 Å². The highest BCUT2D eigenvalue weighted by Crippen LogP contribution is 2.31. The Kier molecular flexibility index (Phi) is 8.49. The lowest BCUT2D eigenvalue weighted by Gasteiger charge is -2.31. The average Bonchev–Trinajstić information content (AvgIpc) is 2.84. The lowest BCUT2D eigenvalue weighted by molar-refractivity contribution is -0.138. The molecule has 1 fully saturated rings. The Morgan fingerprint density at radius 1 is 1.11 bits per heavy atom. The van der Waals surface area contributed by atoms with E-state index in [2.05, 4.69) is 27.0 Å². The standard InChI is InChI=1S/C25H27Cl2N5O2S/c1-31(21-13-28-25(35-2)29-14-21)23-8-17(15-32-5-3-16(4-6-32)9-24(33)34)7-22(30-23)18-10-19(26)12-20(27)11-18/h7-8,10-14,16H,3-6,9,15H2,1-2H3,(H,33,34). The number of hydrogen-bond acceptors (Lipinski definition) is 7. The first-order chi connectivity index (χ1) is 16.8. The van der Waals surface area contributed by atoms with E-state index in [1.807, 2.05) is 30.3 Å². The van der Waals surface area contributed by atoms with Crippen LogP contribution in [0.2, 0.25) is 10.0 Å². The first-order valence-corrected chi connectivity index (χ1v) is 13.3. The molecule has 0 radical (unpaired) electrons. The maximum Gasteiger partial charge on any atom is 0.303 e. The number of carbonyl (C=O) groups is 1. The van der Waals surface area contributed by atoms with Gasteiger partial charge >= 0.3 is 5.97 Å². The summed E-state index contributed by atoms with van der Waals surface area (Å²) in [5, 5.41) is 10.9. The van der Waals surface area contributed by atoms with Crippen molar-refractivity contribution in [3.63, 3.8) is 0 Å². The average molecular weight is 532 g/mol. The van der Waals surface area contributed by atoms with Gasteiger partial charge in [0, 0.05) is 35.6 Å². The maximum atomic E-state index is 11.1. The molecule has 3 heterocycles. The van der Waals surface area contributed by atoms with Crippen LogP contribution in [-0.4, -0.2) is 57.3 Å². The maximum absolute atomic E-state index is 11.1. The summed E-state index contributed by atoms with van der Waals surface area (Å²) < 4.78 is 0. The Labute approximate surface area is 219 Å². The minimum absolute atomic E-state index is 0.245. The molecule has 4 rings (SSSR count). The van der Waals surface area contributed by atoms with E-state index in [-0.39, 0.29) is 12.3 Å². The number of piperidine rings is 1. The normalized spacial score (nSPS) is 14.7. The predicted molar refractivity (Wildman–Crippen MR) is 142 cm³/mol. The van der Waals surface area contributed by atoms with Crippen molar-refractivity contribution in [1.82, 2.24) is 19.9 Å². The van der Waals surface area contributed by atoms with Gasteiger partial charge in [0.2, 0.25) is 0 Å². The van der Waals surface area contributed by atoms with Crippen molar-refractivity contribution < 1.29 is 9.90 Å². The molecule has 184 valence electrons. The number of aliphatic carboxylic acids is 1. The van der Waals surface area contributed by atoms with Gasteiger partial charge in [-0.15, -0.1) is 0 Å². The molecule has 0 aliphatic carbocycles. The molecule has 1 saturated heterocycles. The summed E-state index contributed by atoms with van der Waals surface area (Å²) >= 11 is 14.1. The molecule has 0 atom stereocenters. The molecule has 2 aromatic heterocycles. The van der Waals surface area contributed by atoms with Crippen LogP contribution in [0.15, 0.2) is 47.9 Å². The van der Waals surface area contributed by atoms with Crippen molar-refractivity contribution in [2.45, 2.75) is 31.0 Å². The van der Waals surface area contributed by atoms with E-state index < -0.39 is 5.97 Å². The number of pyridine rings is 1. The third-order valence-electron chi connectivity index (χ3n) is 6.13. The molecule has 3 aromatic rings. The summed E-state index contributed by atoms with van der Waals surface area (Å²) in [5.74, 6) is 0.288. The summed E-state index contributed by atoms with van der Waals surface area (Å²) in [4.78, 5) is 29.1. The number of thioether (sulfide) groups is 1. The van der Waals surface area contributed by atoms with E-state index in [1.165, 1.54) is 11.8 Å². The third-order valence-corrected chi connectivity index (χ3v) is 7.15. The van der Waals surface area contributed by atoms with E-state index in [9.17, 15) is 4.79 Å². The van der Waals surface area contributed by atoms with Crippen LogP contribution in [0.25, 0.3) is 11.3 Å². The van der Waals surface area contributed by atoms with Crippen LogP contribution in [-0.2, 0) is 11.3 Å². The topological polar surface area (TPSA) is 82.5 Å². The van der Waals surface area contributed by atoms with Crippen LogP contribution >= 0.6 is 35.0 Å². The number of halogens is 2. The number of carboxylic acid groups (broad SMARTS) is 1. The van der Waals surface area contributed by atoms with Gasteiger partial charge in [0.15, 0.2) is 5.16 Å². The molecule has 0 saturated carbocycles. The number of likely N-dealkylation sites (tertiary alicyclic amines) is 1. The van der Waals surface area contributed by atoms with Gasteiger partial charge in [-0.1, -0.05) is 35.0 Å². The van der Waals surface area contributed by atoms with Crippen molar-refractivity contribution in [1.29, 1.82) is 0 Å². The van der Waals surface area contributed by atoms with Gasteiger partial charge in [0.05, 0.1) is 23.8 Å². The minimum Gasteiger partial charge on any atom is -0.481 e. The van der Waals surface area contributed by atoms with Crippen LogP contribution < -0.4 is 4.90 Å². The predicted octanol–water partition coefficient (Wildman–Crippen LogP) is 6.02. The Balaban J connectivity index is 1.63. The van der Waals surface area contributed by atoms with Crippen LogP contribution in [0.5, 0.6) is 0 Å². The molecule has 0 spiro atoms. The summed E-state index contributed by atoms with van der Waals surface area (Å²) in [6, 6.07) is 9.56. The number of nitrogens with zero attached hydrogens (tertiary/aromatic N) is 5.